The van der Waals surface area contributed by atoms with Gasteiger partial charge in [-0.1, -0.05) is 60.2 Å². The van der Waals surface area contributed by atoms with Gasteiger partial charge >= 0.3 is 0 Å². The van der Waals surface area contributed by atoms with Gasteiger partial charge in [0.05, 0.1) is 0 Å². The van der Waals surface area contributed by atoms with E-state index < -0.39 is 6.10 Å². The van der Waals surface area contributed by atoms with E-state index in [4.69, 9.17) is 4.74 Å². The van der Waals surface area contributed by atoms with Crippen LogP contribution in [0.15, 0.2) is 72.3 Å². The molecule has 1 aliphatic rings. The molecule has 5 heteroatoms. The summed E-state index contributed by atoms with van der Waals surface area (Å²) in [6, 6.07) is 19.0. The minimum atomic E-state index is -0.657. The van der Waals surface area contributed by atoms with Crippen molar-refractivity contribution >= 4 is 18.3 Å². The third kappa shape index (κ3) is 5.62. The van der Waals surface area contributed by atoms with Gasteiger partial charge in [0.15, 0.2) is 0 Å². The van der Waals surface area contributed by atoms with Gasteiger partial charge in [-0.3, -0.25) is 4.79 Å². The Balaban J connectivity index is 0.00000225. The van der Waals surface area contributed by atoms with Gasteiger partial charge in [-0.25, -0.2) is 0 Å². The molecule has 2 N–H and O–H groups in total. The van der Waals surface area contributed by atoms with Crippen molar-refractivity contribution in [2.45, 2.75) is 12.5 Å². The number of nitrogens with one attached hydrogen (secondary N) is 2. The molecule has 3 rings (SSSR count). The third-order valence-electron chi connectivity index (χ3n) is 3.99. The monoisotopic (exact) mass is 358 g/mol. The van der Waals surface area contributed by atoms with Crippen LogP contribution in [-0.2, 0) is 4.79 Å². The molecule has 1 amide bonds. The first-order chi connectivity index (χ1) is 11.8. The van der Waals surface area contributed by atoms with Crippen LogP contribution in [0.25, 0.3) is 0 Å². The summed E-state index contributed by atoms with van der Waals surface area (Å²) in [7, 11) is 0. The molecule has 0 spiro atoms. The van der Waals surface area contributed by atoms with E-state index in [-0.39, 0.29) is 18.3 Å². The molecule has 0 saturated carbocycles. The van der Waals surface area contributed by atoms with Crippen LogP contribution in [-0.4, -0.2) is 25.5 Å². The molecule has 132 valence electrons. The van der Waals surface area contributed by atoms with Gasteiger partial charge in [0, 0.05) is 18.7 Å². The molecule has 1 unspecified atom stereocenters. The second kappa shape index (κ2) is 9.87. The van der Waals surface area contributed by atoms with Crippen LogP contribution in [0.5, 0.6) is 5.75 Å². The van der Waals surface area contributed by atoms with E-state index >= 15 is 0 Å². The van der Waals surface area contributed by atoms with E-state index in [0.717, 1.165) is 25.1 Å². The number of carbonyl (C=O) groups is 1. The summed E-state index contributed by atoms with van der Waals surface area (Å²) in [6.45, 7) is 2.40. The van der Waals surface area contributed by atoms with Crippen LogP contribution in [0.2, 0.25) is 0 Å². The molecule has 1 aliphatic heterocycles. The summed E-state index contributed by atoms with van der Waals surface area (Å²) >= 11 is 0. The smallest absolute Gasteiger partial charge is 0.266 e. The van der Waals surface area contributed by atoms with Crippen molar-refractivity contribution in [3.63, 3.8) is 0 Å². The summed E-state index contributed by atoms with van der Waals surface area (Å²) < 4.78 is 5.96. The Morgan fingerprint density at radius 3 is 2.40 bits per heavy atom. The minimum Gasteiger partial charge on any atom is -0.476 e. The molecule has 0 radical (unpaired) electrons. The Labute approximate surface area is 154 Å². The second-order valence-electron chi connectivity index (χ2n) is 5.76. The summed E-state index contributed by atoms with van der Waals surface area (Å²) in [5.74, 6) is 0.562. The zero-order valence-electron chi connectivity index (χ0n) is 14.0. The zero-order valence-corrected chi connectivity index (χ0v) is 14.8. The van der Waals surface area contributed by atoms with Crippen LogP contribution in [0.3, 0.4) is 0 Å². The standard InChI is InChI=1S/C20H22N2O2.ClH/c23-20(22-15-16-11-13-21-14-12-16)19(17-7-3-1-4-8-17)24-18-9-5-2-6-10-18;/h1-11,19,21H,12-15H2,(H,22,23);1H. The molecular weight excluding hydrogens is 336 g/mol. The quantitative estimate of drug-likeness (QED) is 0.779. The van der Waals surface area contributed by atoms with Crippen molar-refractivity contribution < 1.29 is 9.53 Å². The Bertz CT molecular complexity index is 689. The number of ether oxygens (including phenoxy) is 1. The maximum atomic E-state index is 12.7. The predicted octanol–water partition coefficient (Wildman–Crippen LogP) is 3.26. The van der Waals surface area contributed by atoms with E-state index in [1.54, 1.807) is 0 Å². The van der Waals surface area contributed by atoms with Crippen LogP contribution >= 0.6 is 12.4 Å². The Morgan fingerprint density at radius 1 is 1.08 bits per heavy atom. The first kappa shape index (κ1) is 19.0. The summed E-state index contributed by atoms with van der Waals surface area (Å²) in [5.41, 5.74) is 2.10. The van der Waals surface area contributed by atoms with Crippen molar-refractivity contribution in [3.8, 4) is 5.75 Å². The van der Waals surface area contributed by atoms with Gasteiger partial charge in [-0.15, -0.1) is 12.4 Å². The molecule has 1 atom stereocenters. The molecule has 0 fully saturated rings. The highest BCUT2D eigenvalue weighted by molar-refractivity contribution is 5.85. The number of carbonyl (C=O) groups excluding carboxylic acids is 1. The molecule has 0 aliphatic carbocycles. The average Bonchev–Trinajstić information content (AvgIpc) is 2.66. The molecule has 2 aromatic carbocycles. The van der Waals surface area contributed by atoms with Crippen molar-refractivity contribution in [2.24, 2.45) is 0 Å². The Morgan fingerprint density at radius 2 is 1.76 bits per heavy atom. The fourth-order valence-corrected chi connectivity index (χ4v) is 2.66. The lowest BCUT2D eigenvalue weighted by Crippen LogP contribution is -2.35. The molecule has 0 bridgehead atoms. The van der Waals surface area contributed by atoms with E-state index in [0.29, 0.717) is 12.3 Å². The van der Waals surface area contributed by atoms with Gasteiger partial charge in [-0.2, -0.15) is 0 Å². The Hall–Kier alpha value is -2.30. The first-order valence-electron chi connectivity index (χ1n) is 8.26. The van der Waals surface area contributed by atoms with Crippen LogP contribution < -0.4 is 15.4 Å². The third-order valence-corrected chi connectivity index (χ3v) is 3.99. The van der Waals surface area contributed by atoms with E-state index in [2.05, 4.69) is 16.7 Å². The van der Waals surface area contributed by atoms with Crippen LogP contribution in [0, 0.1) is 0 Å². The molecule has 1 heterocycles. The summed E-state index contributed by atoms with van der Waals surface area (Å²) in [5, 5.41) is 6.28. The van der Waals surface area contributed by atoms with Crippen molar-refractivity contribution in [1.29, 1.82) is 0 Å². The molecule has 2 aromatic rings. The molecule has 4 nitrogen and oxygen atoms in total. The SMILES string of the molecule is Cl.O=C(NCC1=CCNCC1)C(Oc1ccccc1)c1ccccc1. The highest BCUT2D eigenvalue weighted by Gasteiger charge is 2.22. The maximum Gasteiger partial charge on any atom is 0.266 e. The van der Waals surface area contributed by atoms with Crippen molar-refractivity contribution in [1.82, 2.24) is 10.6 Å². The Kier molecular flexibility index (Phi) is 7.51. The fourth-order valence-electron chi connectivity index (χ4n) is 2.66. The molecule has 0 aromatic heterocycles. The lowest BCUT2D eigenvalue weighted by molar-refractivity contribution is -0.128. The minimum absolute atomic E-state index is 0. The lowest BCUT2D eigenvalue weighted by atomic mass is 10.1. The van der Waals surface area contributed by atoms with Gasteiger partial charge in [0.1, 0.15) is 5.75 Å². The number of para-hydroxylation sites is 1. The number of hydrogen-bond acceptors (Lipinski definition) is 3. The van der Waals surface area contributed by atoms with Gasteiger partial charge in [0.2, 0.25) is 6.10 Å². The lowest BCUT2D eigenvalue weighted by Gasteiger charge is -2.20. The topological polar surface area (TPSA) is 50.4 Å². The normalized spacial score (nSPS) is 14.6. The van der Waals surface area contributed by atoms with Gasteiger partial charge in [0.25, 0.3) is 5.91 Å². The highest BCUT2D eigenvalue weighted by atomic mass is 35.5. The maximum absolute atomic E-state index is 12.7. The second-order valence-corrected chi connectivity index (χ2v) is 5.76. The zero-order chi connectivity index (χ0) is 16.6. The fraction of sp³-hybridized carbons (Fsp3) is 0.250. The average molecular weight is 359 g/mol. The predicted molar refractivity (Wildman–Crippen MR) is 102 cm³/mol. The van der Waals surface area contributed by atoms with Gasteiger partial charge < -0.3 is 15.4 Å². The van der Waals surface area contributed by atoms with E-state index in [1.165, 1.54) is 5.57 Å². The van der Waals surface area contributed by atoms with Crippen LogP contribution in [0.1, 0.15) is 18.1 Å². The van der Waals surface area contributed by atoms with E-state index in [1.807, 2.05) is 60.7 Å². The molecule has 0 saturated heterocycles. The summed E-state index contributed by atoms with van der Waals surface area (Å²) in [4.78, 5) is 12.7. The van der Waals surface area contributed by atoms with Crippen molar-refractivity contribution in [3.05, 3.63) is 77.9 Å². The number of amides is 1. The van der Waals surface area contributed by atoms with E-state index in [9.17, 15) is 4.79 Å². The number of halogens is 1. The molecule has 25 heavy (non-hydrogen) atoms. The van der Waals surface area contributed by atoms with Crippen molar-refractivity contribution in [2.75, 3.05) is 19.6 Å². The summed E-state index contributed by atoms with van der Waals surface area (Å²) in [6.07, 6.45) is 2.45. The number of rotatable bonds is 6. The highest BCUT2D eigenvalue weighted by Crippen LogP contribution is 2.22. The van der Waals surface area contributed by atoms with Gasteiger partial charge in [-0.05, 0) is 25.1 Å². The van der Waals surface area contributed by atoms with Crippen LogP contribution in [0.4, 0.5) is 0 Å². The molecular formula is C20H23ClN2O2. The first-order valence-corrected chi connectivity index (χ1v) is 8.26. The number of hydrogen-bond donors (Lipinski definition) is 2. The number of benzene rings is 2. The largest absolute Gasteiger partial charge is 0.476 e.